The molecule has 2 heterocycles. The van der Waals surface area contributed by atoms with Crippen LogP contribution in [0.4, 0.5) is 4.79 Å². The van der Waals surface area contributed by atoms with Crippen molar-refractivity contribution in [3.63, 3.8) is 0 Å². The number of furan rings is 1. The molecule has 1 saturated heterocycles. The minimum atomic E-state index is -0.137. The average molecular weight is 365 g/mol. The lowest BCUT2D eigenvalue weighted by Gasteiger charge is -2.30. The number of rotatable bonds is 9. The smallest absolute Gasteiger partial charge is 0.319 e. The molecule has 0 aliphatic carbocycles. The maximum Gasteiger partial charge on any atom is 0.319 e. The Morgan fingerprint density at radius 2 is 2.08 bits per heavy atom. The molecule has 0 spiro atoms. The van der Waals surface area contributed by atoms with Gasteiger partial charge in [-0.3, -0.25) is 4.79 Å². The van der Waals surface area contributed by atoms with E-state index in [2.05, 4.69) is 6.92 Å². The molecule has 1 aliphatic heterocycles. The number of hydrogen-bond donors (Lipinski definition) is 0. The van der Waals surface area contributed by atoms with Crippen molar-refractivity contribution in [1.29, 1.82) is 0 Å². The van der Waals surface area contributed by atoms with Gasteiger partial charge in [-0.2, -0.15) is 0 Å². The molecule has 26 heavy (non-hydrogen) atoms. The van der Waals surface area contributed by atoms with Crippen LogP contribution in [-0.2, 0) is 16.1 Å². The topological polar surface area (TPSA) is 66.2 Å². The molecular weight excluding hydrogens is 334 g/mol. The van der Waals surface area contributed by atoms with Crippen LogP contribution < -0.4 is 0 Å². The molecule has 7 nitrogen and oxygen atoms in total. The van der Waals surface area contributed by atoms with Crippen LogP contribution in [0.1, 0.15) is 38.4 Å². The summed E-state index contributed by atoms with van der Waals surface area (Å²) in [5, 5.41) is 0. The third kappa shape index (κ3) is 6.05. The highest BCUT2D eigenvalue weighted by Gasteiger charge is 2.26. The molecule has 0 radical (unpaired) electrons. The van der Waals surface area contributed by atoms with E-state index in [0.717, 1.165) is 38.1 Å². The molecule has 1 aliphatic rings. The van der Waals surface area contributed by atoms with E-state index >= 15 is 0 Å². The van der Waals surface area contributed by atoms with E-state index in [0.29, 0.717) is 19.6 Å². The summed E-state index contributed by atoms with van der Waals surface area (Å²) in [7, 11) is 3.41. The van der Waals surface area contributed by atoms with Crippen LogP contribution in [0.5, 0.6) is 0 Å². The molecule has 146 valence electrons. The fourth-order valence-electron chi connectivity index (χ4n) is 3.02. The zero-order valence-corrected chi connectivity index (χ0v) is 16.1. The van der Waals surface area contributed by atoms with Crippen LogP contribution in [0.15, 0.2) is 22.8 Å². The predicted molar refractivity (Wildman–Crippen MR) is 98.7 cm³/mol. The zero-order valence-electron chi connectivity index (χ0n) is 16.1. The summed E-state index contributed by atoms with van der Waals surface area (Å²) in [5.41, 5.74) is 0. The molecule has 0 bridgehead atoms. The van der Waals surface area contributed by atoms with Crippen LogP contribution in [0.2, 0.25) is 0 Å². The van der Waals surface area contributed by atoms with Gasteiger partial charge in [0.2, 0.25) is 5.91 Å². The highest BCUT2D eigenvalue weighted by Crippen LogP contribution is 2.16. The van der Waals surface area contributed by atoms with Crippen LogP contribution in [-0.4, -0.2) is 73.1 Å². The fraction of sp³-hybridized carbons (Fsp3) is 0.684. The van der Waals surface area contributed by atoms with Gasteiger partial charge in [-0.15, -0.1) is 0 Å². The molecule has 0 unspecified atom stereocenters. The molecule has 7 heteroatoms. The van der Waals surface area contributed by atoms with Gasteiger partial charge in [0.05, 0.1) is 18.9 Å². The van der Waals surface area contributed by atoms with Crippen LogP contribution in [0.25, 0.3) is 0 Å². The van der Waals surface area contributed by atoms with E-state index in [9.17, 15) is 9.59 Å². The molecule has 1 aromatic rings. The lowest BCUT2D eigenvalue weighted by atomic mass is 10.2. The van der Waals surface area contributed by atoms with Crippen molar-refractivity contribution < 1.29 is 18.7 Å². The van der Waals surface area contributed by atoms with E-state index < -0.39 is 0 Å². The Labute approximate surface area is 155 Å². The third-order valence-corrected chi connectivity index (χ3v) is 4.49. The van der Waals surface area contributed by atoms with Crippen molar-refractivity contribution >= 4 is 11.9 Å². The monoisotopic (exact) mass is 365 g/mol. The normalized spacial score (nSPS) is 16.5. The first-order valence-corrected chi connectivity index (χ1v) is 9.39. The zero-order chi connectivity index (χ0) is 18.9. The number of ether oxygens (including phenoxy) is 1. The maximum atomic E-state index is 13.0. The van der Waals surface area contributed by atoms with Gasteiger partial charge in [0.1, 0.15) is 12.3 Å². The highest BCUT2D eigenvalue weighted by molar-refractivity contribution is 5.84. The van der Waals surface area contributed by atoms with Crippen molar-refractivity contribution in [1.82, 2.24) is 14.7 Å². The Morgan fingerprint density at radius 1 is 1.27 bits per heavy atom. The van der Waals surface area contributed by atoms with Crippen molar-refractivity contribution in [2.75, 3.05) is 40.3 Å². The molecule has 1 aromatic heterocycles. The lowest BCUT2D eigenvalue weighted by Crippen LogP contribution is -2.47. The first-order chi connectivity index (χ1) is 12.5. The Kier molecular flexibility index (Phi) is 7.97. The van der Waals surface area contributed by atoms with Gasteiger partial charge < -0.3 is 23.9 Å². The summed E-state index contributed by atoms with van der Waals surface area (Å²) in [5.74, 6) is 0.651. The summed E-state index contributed by atoms with van der Waals surface area (Å²) in [4.78, 5) is 30.3. The summed E-state index contributed by atoms with van der Waals surface area (Å²) >= 11 is 0. The van der Waals surface area contributed by atoms with E-state index in [1.165, 1.54) is 4.90 Å². The van der Waals surface area contributed by atoms with Crippen LogP contribution in [0, 0.1) is 0 Å². The molecule has 3 amide bonds. The average Bonchev–Trinajstić information content (AvgIpc) is 3.31. The van der Waals surface area contributed by atoms with Gasteiger partial charge in [0.25, 0.3) is 0 Å². The first kappa shape index (κ1) is 20.3. The fourth-order valence-corrected chi connectivity index (χ4v) is 3.02. The van der Waals surface area contributed by atoms with Gasteiger partial charge in [0.15, 0.2) is 0 Å². The number of carbonyl (C=O) groups excluding carboxylic acids is 2. The number of nitrogens with zero attached hydrogens (tertiary/aromatic N) is 3. The Balaban J connectivity index is 2.05. The Hall–Kier alpha value is -2.02. The molecule has 0 saturated carbocycles. The molecule has 0 N–H and O–H groups in total. The molecular formula is C19H31N3O4. The Morgan fingerprint density at radius 3 is 2.65 bits per heavy atom. The van der Waals surface area contributed by atoms with Gasteiger partial charge in [-0.05, 0) is 31.4 Å². The minimum absolute atomic E-state index is 0.0579. The van der Waals surface area contributed by atoms with E-state index in [4.69, 9.17) is 9.15 Å². The van der Waals surface area contributed by atoms with Gasteiger partial charge in [-0.25, -0.2) is 4.79 Å². The second-order valence-electron chi connectivity index (χ2n) is 6.94. The predicted octanol–water partition coefficient (Wildman–Crippen LogP) is 2.57. The Bertz CT molecular complexity index is 553. The largest absolute Gasteiger partial charge is 0.467 e. The van der Waals surface area contributed by atoms with Crippen LogP contribution >= 0.6 is 0 Å². The molecule has 1 atom stereocenters. The van der Waals surface area contributed by atoms with E-state index in [1.807, 2.05) is 12.1 Å². The SMILES string of the molecule is CCCCN(CC(=O)N(Cc1ccco1)C[C@H]1CCCO1)C(=O)N(C)C. The number of carbonyl (C=O) groups is 2. The van der Waals surface area contributed by atoms with Gasteiger partial charge in [-0.1, -0.05) is 13.3 Å². The number of urea groups is 1. The standard InChI is InChI=1S/C19H31N3O4/c1-4-5-10-21(19(24)20(2)3)15-18(23)22(13-16-8-6-11-25-16)14-17-9-7-12-26-17/h6,8,11,17H,4-5,7,9-10,12-15H2,1-3H3/t17-/m1/s1. The van der Waals surface area contributed by atoms with Crippen molar-refractivity contribution in [2.45, 2.75) is 45.3 Å². The molecule has 1 fully saturated rings. The maximum absolute atomic E-state index is 13.0. The lowest BCUT2D eigenvalue weighted by molar-refractivity contribution is -0.134. The highest BCUT2D eigenvalue weighted by atomic mass is 16.5. The van der Waals surface area contributed by atoms with Crippen molar-refractivity contribution in [3.8, 4) is 0 Å². The van der Waals surface area contributed by atoms with Crippen LogP contribution in [0.3, 0.4) is 0 Å². The number of unbranched alkanes of at least 4 members (excludes halogenated alkanes) is 1. The van der Waals surface area contributed by atoms with Crippen molar-refractivity contribution in [2.24, 2.45) is 0 Å². The van der Waals surface area contributed by atoms with Gasteiger partial charge >= 0.3 is 6.03 Å². The quantitative estimate of drug-likeness (QED) is 0.675. The minimum Gasteiger partial charge on any atom is -0.467 e. The van der Waals surface area contributed by atoms with E-state index in [-0.39, 0.29) is 24.6 Å². The molecule has 0 aromatic carbocycles. The summed E-state index contributed by atoms with van der Waals surface area (Å²) in [6.07, 6.45) is 5.48. The summed E-state index contributed by atoms with van der Waals surface area (Å²) in [6, 6.07) is 3.53. The third-order valence-electron chi connectivity index (χ3n) is 4.49. The number of hydrogen-bond acceptors (Lipinski definition) is 4. The molecule has 2 rings (SSSR count). The summed E-state index contributed by atoms with van der Waals surface area (Å²) in [6.45, 7) is 4.38. The number of amides is 3. The summed E-state index contributed by atoms with van der Waals surface area (Å²) < 4.78 is 11.1. The van der Waals surface area contributed by atoms with E-state index in [1.54, 1.807) is 30.2 Å². The van der Waals surface area contributed by atoms with Gasteiger partial charge in [0, 0.05) is 33.8 Å². The second kappa shape index (κ2) is 10.2. The first-order valence-electron chi connectivity index (χ1n) is 9.39. The van der Waals surface area contributed by atoms with Crippen molar-refractivity contribution in [3.05, 3.63) is 24.2 Å². The second-order valence-corrected chi connectivity index (χ2v) is 6.94.